The van der Waals surface area contributed by atoms with Crippen LogP contribution in [0.5, 0.6) is 0 Å². The summed E-state index contributed by atoms with van der Waals surface area (Å²) >= 11 is 3.55. The zero-order chi connectivity index (χ0) is 13.5. The van der Waals surface area contributed by atoms with Gasteiger partial charge in [-0.25, -0.2) is 0 Å². The van der Waals surface area contributed by atoms with E-state index in [9.17, 15) is 0 Å². The number of rotatable bonds is 2. The topological polar surface area (TPSA) is 32.3 Å². The maximum Gasteiger partial charge on any atom is 0.208 e. The van der Waals surface area contributed by atoms with Gasteiger partial charge in [-0.3, -0.25) is 0 Å². The highest BCUT2D eigenvalue weighted by atomic mass is 32.1. The monoisotopic (exact) mass is 306 g/mol. The molecule has 3 saturated heterocycles. The largest absolute Gasteiger partial charge is 0.342 e. The van der Waals surface area contributed by atoms with E-state index in [0.29, 0.717) is 6.04 Å². The lowest BCUT2D eigenvalue weighted by Gasteiger charge is -2.30. The van der Waals surface area contributed by atoms with E-state index >= 15 is 0 Å². The van der Waals surface area contributed by atoms with Crippen molar-refractivity contribution in [1.82, 2.24) is 15.1 Å². The van der Waals surface area contributed by atoms with Crippen LogP contribution in [0.3, 0.4) is 0 Å². The van der Waals surface area contributed by atoms with Gasteiger partial charge in [-0.15, -0.1) is 21.5 Å². The van der Waals surface area contributed by atoms with Gasteiger partial charge in [0.25, 0.3) is 0 Å². The van der Waals surface area contributed by atoms with Gasteiger partial charge in [-0.2, -0.15) is 0 Å². The fraction of sp³-hybridized carbons (Fsp3) is 0.571. The van der Waals surface area contributed by atoms with Gasteiger partial charge in [0.1, 0.15) is 0 Å². The molecular weight excluding hydrogens is 288 g/mol. The molecule has 5 rings (SSSR count). The molecule has 0 radical (unpaired) electrons. The minimum atomic E-state index is 0.666. The summed E-state index contributed by atoms with van der Waals surface area (Å²) in [6.45, 7) is 6.90. The van der Waals surface area contributed by atoms with Crippen molar-refractivity contribution in [3.05, 3.63) is 17.0 Å². The lowest BCUT2D eigenvalue weighted by atomic mass is 10.1. The van der Waals surface area contributed by atoms with Crippen LogP contribution < -0.4 is 4.90 Å². The number of hydrogen-bond acceptors (Lipinski definition) is 6. The average Bonchev–Trinajstić information content (AvgIpc) is 3.01. The summed E-state index contributed by atoms with van der Waals surface area (Å²) < 4.78 is 0. The standard InChI is InChI=1S/C14H18N4S2/c1-10-2-3-12(19-10)13-15-16-14(20-13)18-9-8-17-6-4-11(18)5-7-17/h2-3,11H,4-9H2,1H3. The molecule has 0 unspecified atom stereocenters. The predicted molar refractivity (Wildman–Crippen MR) is 84.8 cm³/mol. The van der Waals surface area contributed by atoms with E-state index < -0.39 is 0 Å². The Morgan fingerprint density at radius 3 is 2.65 bits per heavy atom. The van der Waals surface area contributed by atoms with Gasteiger partial charge in [0.15, 0.2) is 5.01 Å². The summed E-state index contributed by atoms with van der Waals surface area (Å²) in [4.78, 5) is 7.64. The van der Waals surface area contributed by atoms with Crippen molar-refractivity contribution in [2.75, 3.05) is 31.1 Å². The Hall–Kier alpha value is -0.980. The SMILES string of the molecule is Cc1ccc(-c2nnc(N3CCN4CCC3CC4)s2)s1. The summed E-state index contributed by atoms with van der Waals surface area (Å²) in [5.74, 6) is 0. The molecule has 6 heteroatoms. The first-order valence-electron chi connectivity index (χ1n) is 7.19. The zero-order valence-corrected chi connectivity index (χ0v) is 13.2. The fourth-order valence-electron chi connectivity index (χ4n) is 3.12. The summed E-state index contributed by atoms with van der Waals surface area (Å²) in [5.41, 5.74) is 0. The third kappa shape index (κ3) is 2.25. The van der Waals surface area contributed by atoms with Gasteiger partial charge in [0.05, 0.1) is 4.88 Å². The van der Waals surface area contributed by atoms with Crippen molar-refractivity contribution < 1.29 is 0 Å². The van der Waals surface area contributed by atoms with Crippen LogP contribution in [0.4, 0.5) is 5.13 Å². The van der Waals surface area contributed by atoms with Gasteiger partial charge in [0, 0.05) is 37.1 Å². The number of nitrogens with zero attached hydrogens (tertiary/aromatic N) is 4. The van der Waals surface area contributed by atoms with Crippen molar-refractivity contribution in [2.24, 2.45) is 0 Å². The van der Waals surface area contributed by atoms with E-state index in [2.05, 4.69) is 39.1 Å². The number of aromatic nitrogens is 2. The molecule has 0 aliphatic carbocycles. The minimum Gasteiger partial charge on any atom is -0.342 e. The molecule has 20 heavy (non-hydrogen) atoms. The van der Waals surface area contributed by atoms with E-state index in [1.54, 1.807) is 22.7 Å². The number of aryl methyl sites for hydroxylation is 1. The second-order valence-electron chi connectivity index (χ2n) is 5.57. The van der Waals surface area contributed by atoms with E-state index in [1.165, 1.54) is 42.2 Å². The Bertz CT molecular complexity index is 598. The van der Waals surface area contributed by atoms with E-state index in [-0.39, 0.29) is 0 Å². The summed E-state index contributed by atoms with van der Waals surface area (Å²) in [6.07, 6.45) is 2.54. The first-order chi connectivity index (χ1) is 9.79. The third-order valence-corrected chi connectivity index (χ3v) is 6.40. The maximum absolute atomic E-state index is 4.47. The second-order valence-corrected chi connectivity index (χ2v) is 7.81. The molecule has 0 spiro atoms. The molecule has 0 aromatic carbocycles. The van der Waals surface area contributed by atoms with E-state index in [1.807, 2.05) is 0 Å². The highest BCUT2D eigenvalue weighted by Crippen LogP contribution is 2.35. The van der Waals surface area contributed by atoms with E-state index in [4.69, 9.17) is 0 Å². The number of thiophene rings is 1. The Labute approximate surface area is 127 Å². The number of anilines is 1. The van der Waals surface area contributed by atoms with Crippen LogP contribution in [0.15, 0.2) is 12.1 Å². The summed E-state index contributed by atoms with van der Waals surface area (Å²) in [5, 5.41) is 11.1. The summed E-state index contributed by atoms with van der Waals surface area (Å²) in [7, 11) is 0. The minimum absolute atomic E-state index is 0.666. The molecule has 0 saturated carbocycles. The molecule has 2 aromatic rings. The van der Waals surface area contributed by atoms with Crippen molar-refractivity contribution in [2.45, 2.75) is 25.8 Å². The lowest BCUT2D eigenvalue weighted by Crippen LogP contribution is -2.37. The molecular formula is C14H18N4S2. The van der Waals surface area contributed by atoms with Crippen molar-refractivity contribution >= 4 is 27.8 Å². The van der Waals surface area contributed by atoms with Crippen LogP contribution in [0.1, 0.15) is 17.7 Å². The van der Waals surface area contributed by atoms with Gasteiger partial charge < -0.3 is 9.80 Å². The molecule has 106 valence electrons. The molecule has 4 nitrogen and oxygen atoms in total. The highest BCUT2D eigenvalue weighted by Gasteiger charge is 2.30. The van der Waals surface area contributed by atoms with Crippen molar-refractivity contribution in [3.8, 4) is 9.88 Å². The quantitative estimate of drug-likeness (QED) is 0.854. The van der Waals surface area contributed by atoms with Crippen LogP contribution >= 0.6 is 22.7 Å². The normalized spacial score (nSPS) is 25.9. The van der Waals surface area contributed by atoms with Crippen LogP contribution in [0.25, 0.3) is 9.88 Å². The molecule has 0 N–H and O–H groups in total. The van der Waals surface area contributed by atoms with Crippen molar-refractivity contribution in [1.29, 1.82) is 0 Å². The van der Waals surface area contributed by atoms with Crippen molar-refractivity contribution in [3.63, 3.8) is 0 Å². The smallest absolute Gasteiger partial charge is 0.208 e. The molecule has 3 fully saturated rings. The predicted octanol–water partition coefficient (Wildman–Crippen LogP) is 2.86. The number of hydrogen-bond donors (Lipinski definition) is 0. The van der Waals surface area contributed by atoms with Gasteiger partial charge in [-0.1, -0.05) is 11.3 Å². The van der Waals surface area contributed by atoms with Gasteiger partial charge in [-0.05, 0) is 31.9 Å². The first-order valence-corrected chi connectivity index (χ1v) is 8.82. The summed E-state index contributed by atoms with van der Waals surface area (Å²) in [6, 6.07) is 4.98. The molecule has 2 bridgehead atoms. The van der Waals surface area contributed by atoms with Crippen LogP contribution in [-0.4, -0.2) is 47.3 Å². The van der Waals surface area contributed by atoms with Gasteiger partial charge in [0.2, 0.25) is 5.13 Å². The molecule has 3 aliphatic rings. The Kier molecular flexibility index (Phi) is 3.24. The Morgan fingerprint density at radius 2 is 1.90 bits per heavy atom. The van der Waals surface area contributed by atoms with Crippen LogP contribution in [-0.2, 0) is 0 Å². The van der Waals surface area contributed by atoms with Crippen LogP contribution in [0, 0.1) is 6.92 Å². The molecule has 0 atom stereocenters. The number of fused-ring (bicyclic) bond motifs is 4. The number of piperidine rings is 1. The van der Waals surface area contributed by atoms with Crippen LogP contribution in [0.2, 0.25) is 0 Å². The Morgan fingerprint density at radius 1 is 1.05 bits per heavy atom. The lowest BCUT2D eigenvalue weighted by molar-refractivity contribution is 0.250. The molecule has 5 heterocycles. The second kappa shape index (κ2) is 5.09. The van der Waals surface area contributed by atoms with E-state index in [0.717, 1.165) is 16.7 Å². The molecule has 3 aliphatic heterocycles. The highest BCUT2D eigenvalue weighted by molar-refractivity contribution is 7.23. The fourth-order valence-corrected chi connectivity index (χ4v) is 4.98. The average molecular weight is 306 g/mol. The third-order valence-electron chi connectivity index (χ3n) is 4.27. The first kappa shape index (κ1) is 12.7. The van der Waals surface area contributed by atoms with Gasteiger partial charge >= 0.3 is 0 Å². The maximum atomic E-state index is 4.47. The Balaban J connectivity index is 1.61. The molecule has 0 amide bonds. The molecule has 2 aromatic heterocycles. The zero-order valence-electron chi connectivity index (χ0n) is 11.6.